The van der Waals surface area contributed by atoms with E-state index in [1.165, 1.54) is 0 Å². The Morgan fingerprint density at radius 3 is 2.26 bits per heavy atom. The molecule has 1 aliphatic heterocycles. The predicted molar refractivity (Wildman–Crippen MR) is 65.7 cm³/mol. The summed E-state index contributed by atoms with van der Waals surface area (Å²) >= 11 is 0.110. The number of hydrogen-bond acceptors (Lipinski definition) is 3. The van der Waals surface area contributed by atoms with Crippen LogP contribution in [0.15, 0.2) is 30.3 Å². The second-order valence-corrected chi connectivity index (χ2v) is 5.45. The van der Waals surface area contributed by atoms with E-state index in [9.17, 15) is 22.8 Å². The summed E-state index contributed by atoms with van der Waals surface area (Å²) in [5.41, 5.74) is 0.906. The first-order valence-corrected chi connectivity index (χ1v) is 6.62. The number of rotatable bonds is 3. The molecule has 0 bridgehead atoms. The molecule has 1 aliphatic rings. The molecule has 0 saturated carbocycles. The molecule has 0 spiro atoms. The average molecular weight is 288 g/mol. The lowest BCUT2D eigenvalue weighted by Crippen LogP contribution is -2.32. The molecule has 1 saturated heterocycles. The Morgan fingerprint density at radius 1 is 1.11 bits per heavy atom. The molecule has 2 unspecified atom stereocenters. The van der Waals surface area contributed by atoms with Crippen molar-refractivity contribution in [3.63, 3.8) is 0 Å². The second-order valence-electron chi connectivity index (χ2n) is 4.34. The summed E-state index contributed by atoms with van der Waals surface area (Å²) in [6, 6.07) is 9.07. The van der Waals surface area contributed by atoms with Crippen LogP contribution < -0.4 is 0 Å². The van der Waals surface area contributed by atoms with Gasteiger partial charge >= 0.3 is 6.18 Å². The number of halogens is 3. The van der Waals surface area contributed by atoms with Crippen LogP contribution in [0.5, 0.6) is 0 Å². The summed E-state index contributed by atoms with van der Waals surface area (Å²) in [6.07, 6.45) is -4.08. The Balaban J connectivity index is 2.02. The van der Waals surface area contributed by atoms with E-state index in [1.807, 2.05) is 18.2 Å². The monoisotopic (exact) mass is 288 g/mol. The number of hydrogen-bond donors (Lipinski definition) is 0. The van der Waals surface area contributed by atoms with E-state index < -0.39 is 28.2 Å². The van der Waals surface area contributed by atoms with Crippen LogP contribution in [-0.2, 0) is 16.0 Å². The van der Waals surface area contributed by atoms with Crippen LogP contribution in [0.25, 0.3) is 0 Å². The highest BCUT2D eigenvalue weighted by Gasteiger charge is 2.55. The summed E-state index contributed by atoms with van der Waals surface area (Å²) in [7, 11) is 0. The number of alkyl halides is 3. The SMILES string of the molecule is O=C1SC(C(F)(F)F)C(=O)C1CCc1ccccc1. The lowest BCUT2D eigenvalue weighted by atomic mass is 9.95. The predicted octanol–water partition coefficient (Wildman–Crippen LogP) is 3.01. The lowest BCUT2D eigenvalue weighted by Gasteiger charge is -2.11. The Kier molecular flexibility index (Phi) is 3.99. The van der Waals surface area contributed by atoms with Crippen LogP contribution in [-0.4, -0.2) is 22.3 Å². The van der Waals surface area contributed by atoms with Crippen molar-refractivity contribution in [2.75, 3.05) is 0 Å². The van der Waals surface area contributed by atoms with Gasteiger partial charge in [-0.3, -0.25) is 9.59 Å². The second kappa shape index (κ2) is 5.36. The normalized spacial score (nSPS) is 23.9. The van der Waals surface area contributed by atoms with Crippen LogP contribution in [0, 0.1) is 5.92 Å². The molecule has 6 heteroatoms. The largest absolute Gasteiger partial charge is 0.407 e. The summed E-state index contributed by atoms with van der Waals surface area (Å²) in [4.78, 5) is 23.1. The maximum atomic E-state index is 12.5. The van der Waals surface area contributed by atoms with Gasteiger partial charge in [-0.25, -0.2) is 0 Å². The Morgan fingerprint density at radius 2 is 1.74 bits per heavy atom. The molecule has 2 atom stereocenters. The number of carbonyl (C=O) groups is 2. The van der Waals surface area contributed by atoms with Crippen molar-refractivity contribution in [3.05, 3.63) is 35.9 Å². The first kappa shape index (κ1) is 14.1. The van der Waals surface area contributed by atoms with Gasteiger partial charge in [0.25, 0.3) is 0 Å². The van der Waals surface area contributed by atoms with Crippen molar-refractivity contribution in [1.29, 1.82) is 0 Å². The highest BCUT2D eigenvalue weighted by molar-refractivity contribution is 8.15. The highest BCUT2D eigenvalue weighted by atomic mass is 32.2. The molecule has 2 nitrogen and oxygen atoms in total. The fourth-order valence-electron chi connectivity index (χ4n) is 2.00. The molecular formula is C13H11F3O2S. The molecular weight excluding hydrogens is 277 g/mol. The van der Waals surface area contributed by atoms with Crippen molar-refractivity contribution in [3.8, 4) is 0 Å². The smallest absolute Gasteiger partial charge is 0.297 e. The van der Waals surface area contributed by atoms with E-state index in [0.717, 1.165) is 5.56 Å². The van der Waals surface area contributed by atoms with Gasteiger partial charge in [0.2, 0.25) is 0 Å². The molecule has 1 heterocycles. The van der Waals surface area contributed by atoms with Crippen molar-refractivity contribution in [2.45, 2.75) is 24.3 Å². The van der Waals surface area contributed by atoms with Gasteiger partial charge in [-0.1, -0.05) is 42.1 Å². The van der Waals surface area contributed by atoms with Crippen LogP contribution in [0.4, 0.5) is 13.2 Å². The van der Waals surface area contributed by atoms with Crippen LogP contribution in [0.1, 0.15) is 12.0 Å². The Hall–Kier alpha value is -1.30. The van der Waals surface area contributed by atoms with Gasteiger partial charge < -0.3 is 0 Å². The molecule has 0 radical (unpaired) electrons. The molecule has 1 aromatic rings. The molecule has 2 rings (SSSR count). The summed E-state index contributed by atoms with van der Waals surface area (Å²) in [5, 5.41) is -2.84. The van der Waals surface area contributed by atoms with Crippen LogP contribution >= 0.6 is 11.8 Å². The van der Waals surface area contributed by atoms with Gasteiger partial charge in [-0.2, -0.15) is 13.2 Å². The Labute approximate surface area is 112 Å². The highest BCUT2D eigenvalue weighted by Crippen LogP contribution is 2.41. The molecule has 0 amide bonds. The summed E-state index contributed by atoms with van der Waals surface area (Å²) in [5.74, 6) is -2.13. The zero-order chi connectivity index (χ0) is 14.0. The fourth-order valence-corrected chi connectivity index (χ4v) is 3.04. The summed E-state index contributed by atoms with van der Waals surface area (Å²) < 4.78 is 37.6. The van der Waals surface area contributed by atoms with E-state index in [-0.39, 0.29) is 18.2 Å². The number of thioether (sulfide) groups is 1. The minimum absolute atomic E-state index is 0.110. The van der Waals surface area contributed by atoms with Gasteiger partial charge in [0.15, 0.2) is 16.1 Å². The van der Waals surface area contributed by atoms with Gasteiger partial charge in [0, 0.05) is 0 Å². The minimum Gasteiger partial charge on any atom is -0.297 e. The molecule has 1 fully saturated rings. The molecule has 0 aliphatic carbocycles. The zero-order valence-corrected chi connectivity index (χ0v) is 10.6. The lowest BCUT2D eigenvalue weighted by molar-refractivity contribution is -0.149. The van der Waals surface area contributed by atoms with Crippen molar-refractivity contribution in [1.82, 2.24) is 0 Å². The number of Topliss-reactive ketones (excluding diaryl/α,β-unsaturated/α-hetero) is 1. The van der Waals surface area contributed by atoms with Gasteiger partial charge in [0.1, 0.15) is 0 Å². The third-order valence-electron chi connectivity index (χ3n) is 2.98. The molecule has 102 valence electrons. The minimum atomic E-state index is -4.64. The third kappa shape index (κ3) is 3.18. The summed E-state index contributed by atoms with van der Waals surface area (Å²) in [6.45, 7) is 0. The molecule has 0 aromatic heterocycles. The van der Waals surface area contributed by atoms with E-state index in [4.69, 9.17) is 0 Å². The van der Waals surface area contributed by atoms with Gasteiger partial charge in [-0.05, 0) is 18.4 Å². The van der Waals surface area contributed by atoms with E-state index in [2.05, 4.69) is 0 Å². The van der Waals surface area contributed by atoms with Gasteiger partial charge in [0.05, 0.1) is 5.92 Å². The van der Waals surface area contributed by atoms with Crippen molar-refractivity contribution < 1.29 is 22.8 Å². The maximum Gasteiger partial charge on any atom is 0.407 e. The molecule has 1 aromatic carbocycles. The quantitative estimate of drug-likeness (QED) is 0.802. The van der Waals surface area contributed by atoms with Crippen molar-refractivity contribution >= 4 is 22.7 Å². The van der Waals surface area contributed by atoms with E-state index in [0.29, 0.717) is 6.42 Å². The third-order valence-corrected chi connectivity index (χ3v) is 4.23. The van der Waals surface area contributed by atoms with Gasteiger partial charge in [-0.15, -0.1) is 0 Å². The number of carbonyl (C=O) groups excluding carboxylic acids is 2. The number of aryl methyl sites for hydroxylation is 1. The zero-order valence-electron chi connectivity index (χ0n) is 9.81. The van der Waals surface area contributed by atoms with Crippen LogP contribution in [0.3, 0.4) is 0 Å². The maximum absolute atomic E-state index is 12.5. The number of benzene rings is 1. The first-order valence-electron chi connectivity index (χ1n) is 5.74. The topological polar surface area (TPSA) is 34.1 Å². The van der Waals surface area contributed by atoms with E-state index >= 15 is 0 Å². The van der Waals surface area contributed by atoms with E-state index in [1.54, 1.807) is 12.1 Å². The van der Waals surface area contributed by atoms with Crippen LogP contribution in [0.2, 0.25) is 0 Å². The molecule has 0 N–H and O–H groups in total. The fraction of sp³-hybridized carbons (Fsp3) is 0.385. The average Bonchev–Trinajstić information content (AvgIpc) is 2.64. The standard InChI is InChI=1S/C13H11F3O2S/c14-13(15,16)11-10(17)9(12(18)19-11)7-6-8-4-2-1-3-5-8/h1-5,9,11H,6-7H2. The van der Waals surface area contributed by atoms with Crippen molar-refractivity contribution in [2.24, 2.45) is 5.92 Å². The Bertz CT molecular complexity index is 484. The number of ketones is 1. The molecule has 19 heavy (non-hydrogen) atoms. The first-order chi connectivity index (χ1) is 8.89.